The van der Waals surface area contributed by atoms with Crippen molar-refractivity contribution >= 4 is 0 Å². The summed E-state index contributed by atoms with van der Waals surface area (Å²) in [6, 6.07) is 5.94. The highest BCUT2D eigenvalue weighted by molar-refractivity contribution is 5.03. The largest absolute Gasteiger partial charge is 0.393 e. The van der Waals surface area contributed by atoms with Crippen LogP contribution in [-0.2, 0) is 6.42 Å². The molecule has 0 aromatic carbocycles. The van der Waals surface area contributed by atoms with Gasteiger partial charge < -0.3 is 5.11 Å². The van der Waals surface area contributed by atoms with Crippen molar-refractivity contribution in [3.05, 3.63) is 30.1 Å². The normalized spacial score (nSPS) is 18.9. The molecule has 0 saturated heterocycles. The van der Waals surface area contributed by atoms with Crippen molar-refractivity contribution in [2.75, 3.05) is 0 Å². The van der Waals surface area contributed by atoms with Crippen LogP contribution in [0.4, 0.5) is 0 Å². The van der Waals surface area contributed by atoms with Crippen molar-refractivity contribution in [3.8, 4) is 0 Å². The Morgan fingerprint density at radius 3 is 2.86 bits per heavy atom. The monoisotopic (exact) mass is 191 g/mol. The lowest BCUT2D eigenvalue weighted by atomic mass is 9.79. The number of aliphatic hydroxyl groups excluding tert-OH is 1. The molecular weight excluding hydrogens is 174 g/mol. The highest BCUT2D eigenvalue weighted by atomic mass is 16.3. The molecule has 2 rings (SSSR count). The number of pyridine rings is 1. The summed E-state index contributed by atoms with van der Waals surface area (Å²) in [7, 11) is 0. The van der Waals surface area contributed by atoms with Crippen molar-refractivity contribution in [1.29, 1.82) is 0 Å². The van der Waals surface area contributed by atoms with Gasteiger partial charge in [0.05, 0.1) is 6.10 Å². The van der Waals surface area contributed by atoms with E-state index in [1.54, 1.807) is 0 Å². The lowest BCUT2D eigenvalue weighted by Gasteiger charge is -2.30. The van der Waals surface area contributed by atoms with Gasteiger partial charge in [0.15, 0.2) is 0 Å². The number of nitrogens with zero attached hydrogens (tertiary/aromatic N) is 1. The van der Waals surface area contributed by atoms with E-state index in [1.807, 2.05) is 24.4 Å². The SMILES string of the molecule is OC(CCc1ccccn1)C1CCC1. The molecular formula is C12H17NO. The fourth-order valence-electron chi connectivity index (χ4n) is 1.90. The summed E-state index contributed by atoms with van der Waals surface area (Å²) in [6.07, 6.45) is 7.19. The van der Waals surface area contributed by atoms with Crippen LogP contribution < -0.4 is 0 Å². The van der Waals surface area contributed by atoms with Crippen molar-refractivity contribution in [2.45, 2.75) is 38.2 Å². The lowest BCUT2D eigenvalue weighted by molar-refractivity contribution is 0.0558. The average Bonchev–Trinajstić information content (AvgIpc) is 2.14. The van der Waals surface area contributed by atoms with Crippen LogP contribution >= 0.6 is 0 Å². The molecule has 76 valence electrons. The fourth-order valence-corrected chi connectivity index (χ4v) is 1.90. The van der Waals surface area contributed by atoms with Crippen LogP contribution in [0, 0.1) is 5.92 Å². The average molecular weight is 191 g/mol. The van der Waals surface area contributed by atoms with Crippen LogP contribution in [0.3, 0.4) is 0 Å². The molecule has 1 N–H and O–H groups in total. The minimum absolute atomic E-state index is 0.106. The molecule has 2 nitrogen and oxygen atoms in total. The highest BCUT2D eigenvalue weighted by Crippen LogP contribution is 2.31. The van der Waals surface area contributed by atoms with E-state index in [0.29, 0.717) is 5.92 Å². The molecule has 0 amide bonds. The van der Waals surface area contributed by atoms with Crippen molar-refractivity contribution in [3.63, 3.8) is 0 Å². The molecule has 1 aliphatic rings. The van der Waals surface area contributed by atoms with E-state index in [9.17, 15) is 5.11 Å². The topological polar surface area (TPSA) is 33.1 Å². The van der Waals surface area contributed by atoms with Crippen LogP contribution in [0.15, 0.2) is 24.4 Å². The summed E-state index contributed by atoms with van der Waals surface area (Å²) in [5, 5.41) is 9.80. The molecule has 2 heteroatoms. The summed E-state index contributed by atoms with van der Waals surface area (Å²) in [5.41, 5.74) is 1.09. The molecule has 0 spiro atoms. The summed E-state index contributed by atoms with van der Waals surface area (Å²) < 4.78 is 0. The molecule has 1 aliphatic carbocycles. The smallest absolute Gasteiger partial charge is 0.0572 e. The number of hydrogen-bond donors (Lipinski definition) is 1. The molecule has 1 heterocycles. The predicted molar refractivity (Wildman–Crippen MR) is 55.9 cm³/mol. The Morgan fingerprint density at radius 1 is 1.43 bits per heavy atom. The number of aliphatic hydroxyl groups is 1. The van der Waals surface area contributed by atoms with Gasteiger partial charge >= 0.3 is 0 Å². The van der Waals surface area contributed by atoms with Gasteiger partial charge in [-0.15, -0.1) is 0 Å². The zero-order valence-corrected chi connectivity index (χ0v) is 8.39. The van der Waals surface area contributed by atoms with Crippen molar-refractivity contribution in [1.82, 2.24) is 4.98 Å². The van der Waals surface area contributed by atoms with Gasteiger partial charge in [-0.1, -0.05) is 12.5 Å². The minimum Gasteiger partial charge on any atom is -0.393 e. The third kappa shape index (κ3) is 2.32. The Hall–Kier alpha value is -0.890. The molecule has 0 radical (unpaired) electrons. The first-order chi connectivity index (χ1) is 6.86. The van der Waals surface area contributed by atoms with Crippen LogP contribution in [0.5, 0.6) is 0 Å². The first-order valence-corrected chi connectivity index (χ1v) is 5.44. The van der Waals surface area contributed by atoms with E-state index in [0.717, 1.165) is 18.5 Å². The molecule has 1 saturated carbocycles. The van der Waals surface area contributed by atoms with Crippen LogP contribution in [0.25, 0.3) is 0 Å². The summed E-state index contributed by atoms with van der Waals surface area (Å²) in [5.74, 6) is 0.568. The van der Waals surface area contributed by atoms with E-state index in [1.165, 1.54) is 19.3 Å². The summed E-state index contributed by atoms with van der Waals surface area (Å²) in [4.78, 5) is 4.24. The molecule has 1 unspecified atom stereocenters. The van der Waals surface area contributed by atoms with Crippen molar-refractivity contribution in [2.24, 2.45) is 5.92 Å². The second kappa shape index (κ2) is 4.56. The van der Waals surface area contributed by atoms with Crippen LogP contribution in [0.2, 0.25) is 0 Å². The van der Waals surface area contributed by atoms with Gasteiger partial charge in [0.25, 0.3) is 0 Å². The van der Waals surface area contributed by atoms with E-state index in [2.05, 4.69) is 4.98 Å². The standard InChI is InChI=1S/C12H17NO/c14-12(10-4-3-5-10)8-7-11-6-1-2-9-13-11/h1-2,6,9-10,12,14H,3-5,7-8H2. The maximum Gasteiger partial charge on any atom is 0.0572 e. The molecule has 14 heavy (non-hydrogen) atoms. The van der Waals surface area contributed by atoms with E-state index >= 15 is 0 Å². The third-order valence-corrected chi connectivity index (χ3v) is 3.12. The Morgan fingerprint density at radius 2 is 2.29 bits per heavy atom. The number of rotatable bonds is 4. The summed E-state index contributed by atoms with van der Waals surface area (Å²) >= 11 is 0. The molecule has 1 aromatic heterocycles. The minimum atomic E-state index is -0.106. The van der Waals surface area contributed by atoms with E-state index in [-0.39, 0.29) is 6.10 Å². The Balaban J connectivity index is 1.76. The van der Waals surface area contributed by atoms with Gasteiger partial charge in [-0.05, 0) is 43.7 Å². The Labute approximate surface area is 85.0 Å². The highest BCUT2D eigenvalue weighted by Gasteiger charge is 2.24. The third-order valence-electron chi connectivity index (χ3n) is 3.12. The van der Waals surface area contributed by atoms with E-state index in [4.69, 9.17) is 0 Å². The predicted octanol–water partition coefficient (Wildman–Crippen LogP) is 2.18. The van der Waals surface area contributed by atoms with Gasteiger partial charge in [-0.25, -0.2) is 0 Å². The maximum absolute atomic E-state index is 9.80. The number of aryl methyl sites for hydroxylation is 1. The molecule has 0 bridgehead atoms. The van der Waals surface area contributed by atoms with Gasteiger partial charge in [0.1, 0.15) is 0 Å². The Bertz CT molecular complexity index is 269. The molecule has 1 atom stereocenters. The molecule has 1 aromatic rings. The lowest BCUT2D eigenvalue weighted by Crippen LogP contribution is -2.27. The molecule has 1 fully saturated rings. The first-order valence-electron chi connectivity index (χ1n) is 5.44. The fraction of sp³-hybridized carbons (Fsp3) is 0.583. The quantitative estimate of drug-likeness (QED) is 0.791. The number of hydrogen-bond acceptors (Lipinski definition) is 2. The van der Waals surface area contributed by atoms with Gasteiger partial charge in [0.2, 0.25) is 0 Å². The zero-order valence-electron chi connectivity index (χ0n) is 8.39. The van der Waals surface area contributed by atoms with Crippen LogP contribution in [0.1, 0.15) is 31.4 Å². The Kier molecular flexibility index (Phi) is 3.14. The second-order valence-electron chi connectivity index (χ2n) is 4.12. The summed E-state index contributed by atoms with van der Waals surface area (Å²) in [6.45, 7) is 0. The number of aromatic nitrogens is 1. The van der Waals surface area contributed by atoms with Gasteiger partial charge in [0, 0.05) is 11.9 Å². The van der Waals surface area contributed by atoms with E-state index < -0.39 is 0 Å². The van der Waals surface area contributed by atoms with Crippen molar-refractivity contribution < 1.29 is 5.11 Å². The van der Waals surface area contributed by atoms with Crippen LogP contribution in [-0.4, -0.2) is 16.2 Å². The zero-order chi connectivity index (χ0) is 9.80. The van der Waals surface area contributed by atoms with Gasteiger partial charge in [-0.2, -0.15) is 0 Å². The van der Waals surface area contributed by atoms with Gasteiger partial charge in [-0.3, -0.25) is 4.98 Å². The maximum atomic E-state index is 9.80. The first kappa shape index (κ1) is 9.66. The second-order valence-corrected chi connectivity index (χ2v) is 4.12. The molecule has 0 aliphatic heterocycles.